The molecule has 0 saturated carbocycles. The van der Waals surface area contributed by atoms with Gasteiger partial charge in [-0.25, -0.2) is 0 Å². The van der Waals surface area contributed by atoms with Crippen LogP contribution in [0.25, 0.3) is 0 Å². The molecule has 3 nitrogen and oxygen atoms in total. The number of nitrogens with zero attached hydrogens (tertiary/aromatic N) is 2. The fourth-order valence-electron chi connectivity index (χ4n) is 0.703. The minimum atomic E-state index is -0.400. The van der Waals surface area contributed by atoms with Crippen LogP contribution < -0.4 is 4.65 Å². The van der Waals surface area contributed by atoms with Crippen LogP contribution in [0.5, 0.6) is 0 Å². The third kappa shape index (κ3) is 1.52. The third-order valence-corrected chi connectivity index (χ3v) is 1.28. The molecule has 0 unspecified atom stereocenters. The summed E-state index contributed by atoms with van der Waals surface area (Å²) >= 11 is 0. The lowest BCUT2D eigenvalue weighted by molar-refractivity contribution is 0.542. The lowest BCUT2D eigenvalue weighted by atomic mass is 10.4. The van der Waals surface area contributed by atoms with E-state index in [1.165, 1.54) is 0 Å². The van der Waals surface area contributed by atoms with Crippen molar-refractivity contribution >= 4 is 5.69 Å². The Morgan fingerprint density at radius 2 is 1.80 bits per heavy atom. The standard InChI is InChI=1S/C7H10N2O/c1-9(2,10)7-3-5-8-6-4-7/h3-6H,1-2H3. The Labute approximate surface area is 60.1 Å². The number of hydrogen-bond donors (Lipinski definition) is 0. The molecule has 0 amide bonds. The minimum absolute atomic E-state index is 0.400. The zero-order valence-electron chi connectivity index (χ0n) is 6.11. The number of hydrogen-bond acceptors (Lipinski definition) is 2. The fraction of sp³-hybridized carbons (Fsp3) is 0.286. The molecule has 1 aromatic heterocycles. The van der Waals surface area contributed by atoms with Crippen molar-refractivity contribution in [3.8, 4) is 0 Å². The first kappa shape index (κ1) is 7.18. The van der Waals surface area contributed by atoms with Gasteiger partial charge in [0.05, 0.1) is 14.1 Å². The number of rotatable bonds is 1. The first-order valence-electron chi connectivity index (χ1n) is 3.06. The van der Waals surface area contributed by atoms with Crippen molar-refractivity contribution in [1.29, 1.82) is 0 Å². The van der Waals surface area contributed by atoms with Crippen LogP contribution in [-0.4, -0.2) is 19.1 Å². The Bertz CT molecular complexity index is 203. The van der Waals surface area contributed by atoms with Crippen molar-refractivity contribution in [2.24, 2.45) is 0 Å². The Balaban J connectivity index is 2.97. The van der Waals surface area contributed by atoms with Crippen molar-refractivity contribution in [2.75, 3.05) is 14.1 Å². The molecule has 0 spiro atoms. The van der Waals surface area contributed by atoms with Crippen molar-refractivity contribution < 1.29 is 0 Å². The monoisotopic (exact) mass is 138 g/mol. The summed E-state index contributed by atoms with van der Waals surface area (Å²) in [5.41, 5.74) is 0.718. The maximum Gasteiger partial charge on any atom is 0.135 e. The predicted molar refractivity (Wildman–Crippen MR) is 41.2 cm³/mol. The van der Waals surface area contributed by atoms with E-state index < -0.39 is 4.65 Å². The van der Waals surface area contributed by atoms with Crippen LogP contribution >= 0.6 is 0 Å². The number of hydroxylamine groups is 2. The second-order valence-electron chi connectivity index (χ2n) is 2.56. The van der Waals surface area contributed by atoms with Crippen molar-refractivity contribution in [1.82, 2.24) is 9.63 Å². The lowest BCUT2D eigenvalue weighted by Gasteiger charge is -2.32. The summed E-state index contributed by atoms with van der Waals surface area (Å²) in [6.07, 6.45) is 3.24. The van der Waals surface area contributed by atoms with Crippen LogP contribution in [0.1, 0.15) is 0 Å². The maximum atomic E-state index is 11.2. The SMILES string of the molecule is C[N+](C)([O-])c1ccncc1. The van der Waals surface area contributed by atoms with E-state index in [1.807, 2.05) is 0 Å². The average molecular weight is 138 g/mol. The van der Waals surface area contributed by atoms with E-state index in [9.17, 15) is 5.21 Å². The van der Waals surface area contributed by atoms with Gasteiger partial charge in [0, 0.05) is 24.5 Å². The van der Waals surface area contributed by atoms with Gasteiger partial charge in [-0.2, -0.15) is 0 Å². The van der Waals surface area contributed by atoms with Gasteiger partial charge in [-0.1, -0.05) is 0 Å². The van der Waals surface area contributed by atoms with Crippen LogP contribution in [0.15, 0.2) is 24.5 Å². The molecule has 0 aliphatic rings. The second-order valence-corrected chi connectivity index (χ2v) is 2.56. The molecular formula is C7H10N2O. The van der Waals surface area contributed by atoms with Gasteiger partial charge in [0.2, 0.25) is 0 Å². The van der Waals surface area contributed by atoms with Crippen LogP contribution in [-0.2, 0) is 0 Å². The maximum absolute atomic E-state index is 11.2. The molecule has 0 saturated heterocycles. The third-order valence-electron chi connectivity index (χ3n) is 1.28. The molecule has 0 atom stereocenters. The van der Waals surface area contributed by atoms with E-state index in [4.69, 9.17) is 0 Å². The minimum Gasteiger partial charge on any atom is -0.628 e. The fourth-order valence-corrected chi connectivity index (χ4v) is 0.703. The Morgan fingerprint density at radius 3 is 2.10 bits per heavy atom. The molecule has 0 fully saturated rings. The van der Waals surface area contributed by atoms with Gasteiger partial charge in [-0.05, 0) is 0 Å². The molecule has 3 heteroatoms. The molecular weight excluding hydrogens is 128 g/mol. The van der Waals surface area contributed by atoms with Gasteiger partial charge in [0.15, 0.2) is 0 Å². The highest BCUT2D eigenvalue weighted by Crippen LogP contribution is 2.14. The molecule has 0 bridgehead atoms. The van der Waals surface area contributed by atoms with E-state index in [0.717, 1.165) is 5.69 Å². The molecule has 0 aromatic carbocycles. The second kappa shape index (κ2) is 2.36. The van der Waals surface area contributed by atoms with E-state index >= 15 is 0 Å². The first-order valence-corrected chi connectivity index (χ1v) is 3.06. The average Bonchev–Trinajstić information content (AvgIpc) is 1.88. The van der Waals surface area contributed by atoms with Gasteiger partial charge in [-0.15, -0.1) is 0 Å². The van der Waals surface area contributed by atoms with Crippen LogP contribution in [0.2, 0.25) is 0 Å². The van der Waals surface area contributed by atoms with Crippen LogP contribution in [0.4, 0.5) is 5.69 Å². The Kier molecular flexibility index (Phi) is 1.70. The van der Waals surface area contributed by atoms with Crippen LogP contribution in [0.3, 0.4) is 0 Å². The summed E-state index contributed by atoms with van der Waals surface area (Å²) in [4.78, 5) is 3.81. The van der Waals surface area contributed by atoms with Crippen molar-refractivity contribution in [2.45, 2.75) is 0 Å². The molecule has 54 valence electrons. The lowest BCUT2D eigenvalue weighted by Crippen LogP contribution is -2.32. The molecule has 10 heavy (non-hydrogen) atoms. The van der Waals surface area contributed by atoms with E-state index in [0.29, 0.717) is 0 Å². The summed E-state index contributed by atoms with van der Waals surface area (Å²) < 4.78 is -0.400. The van der Waals surface area contributed by atoms with E-state index in [1.54, 1.807) is 38.6 Å². The summed E-state index contributed by atoms with van der Waals surface area (Å²) in [7, 11) is 3.16. The van der Waals surface area contributed by atoms with Gasteiger partial charge >= 0.3 is 0 Å². The van der Waals surface area contributed by atoms with Crippen molar-refractivity contribution in [3.63, 3.8) is 0 Å². The Hall–Kier alpha value is -0.930. The predicted octanol–water partition coefficient (Wildman–Crippen LogP) is 1.15. The van der Waals surface area contributed by atoms with Gasteiger partial charge in [0.1, 0.15) is 5.69 Å². The molecule has 0 aliphatic heterocycles. The molecule has 1 rings (SSSR count). The summed E-state index contributed by atoms with van der Waals surface area (Å²) in [5.74, 6) is 0. The number of quaternary nitrogens is 1. The summed E-state index contributed by atoms with van der Waals surface area (Å²) in [5, 5.41) is 11.2. The summed E-state index contributed by atoms with van der Waals surface area (Å²) in [6.45, 7) is 0. The van der Waals surface area contributed by atoms with Gasteiger partial charge in [-0.3, -0.25) is 4.98 Å². The molecule has 1 heterocycles. The highest BCUT2D eigenvalue weighted by Gasteiger charge is 2.04. The van der Waals surface area contributed by atoms with Gasteiger partial charge < -0.3 is 9.85 Å². The normalized spacial score (nSPS) is 11.5. The van der Waals surface area contributed by atoms with Gasteiger partial charge in [0.25, 0.3) is 0 Å². The van der Waals surface area contributed by atoms with Crippen molar-refractivity contribution in [3.05, 3.63) is 29.7 Å². The quantitative estimate of drug-likeness (QED) is 0.431. The Morgan fingerprint density at radius 1 is 1.30 bits per heavy atom. The smallest absolute Gasteiger partial charge is 0.135 e. The first-order chi connectivity index (χ1) is 4.61. The largest absolute Gasteiger partial charge is 0.628 e. The topological polar surface area (TPSA) is 36.0 Å². The van der Waals surface area contributed by atoms with E-state index in [2.05, 4.69) is 4.98 Å². The highest BCUT2D eigenvalue weighted by molar-refractivity contribution is 5.39. The number of aromatic nitrogens is 1. The highest BCUT2D eigenvalue weighted by atomic mass is 16.5. The zero-order valence-corrected chi connectivity index (χ0v) is 6.11. The molecule has 1 aromatic rings. The van der Waals surface area contributed by atoms with E-state index in [-0.39, 0.29) is 0 Å². The summed E-state index contributed by atoms with van der Waals surface area (Å²) in [6, 6.07) is 3.43. The molecule has 0 N–H and O–H groups in total. The molecule has 0 aliphatic carbocycles. The van der Waals surface area contributed by atoms with Crippen LogP contribution in [0, 0.1) is 5.21 Å². The zero-order chi connectivity index (χ0) is 7.61. The number of pyridine rings is 1. The molecule has 0 radical (unpaired) electrons.